The van der Waals surface area contributed by atoms with Crippen LogP contribution in [0.25, 0.3) is 0 Å². The van der Waals surface area contributed by atoms with Crippen LogP contribution in [0.2, 0.25) is 0 Å². The summed E-state index contributed by atoms with van der Waals surface area (Å²) in [6.07, 6.45) is 0. The molecule has 0 radical (unpaired) electrons. The highest BCUT2D eigenvalue weighted by Crippen LogP contribution is 2.19. The van der Waals surface area contributed by atoms with Crippen molar-refractivity contribution in [2.24, 2.45) is 0 Å². The van der Waals surface area contributed by atoms with Crippen LogP contribution in [0.5, 0.6) is 0 Å². The van der Waals surface area contributed by atoms with Gasteiger partial charge in [-0.1, -0.05) is 0 Å². The predicted octanol–water partition coefficient (Wildman–Crippen LogP) is 1.29. The molecule has 0 saturated carbocycles. The van der Waals surface area contributed by atoms with Crippen LogP contribution >= 0.6 is 0 Å². The molecule has 1 aromatic rings. The fourth-order valence-electron chi connectivity index (χ4n) is 1.48. The Morgan fingerprint density at radius 3 is 2.47 bits per heavy atom. The molecule has 0 atom stereocenters. The summed E-state index contributed by atoms with van der Waals surface area (Å²) in [6.45, 7) is 5.67. The first kappa shape index (κ1) is 14.8. The number of nitrogens with one attached hydrogen (secondary N) is 2. The van der Waals surface area contributed by atoms with E-state index in [2.05, 4.69) is 10.6 Å². The summed E-state index contributed by atoms with van der Waals surface area (Å²) < 4.78 is 0. The smallest absolute Gasteiger partial charge is 0.335 e. The fourth-order valence-corrected chi connectivity index (χ4v) is 1.48. The summed E-state index contributed by atoms with van der Waals surface area (Å²) in [5.41, 5.74) is 6.35. The maximum absolute atomic E-state index is 11.6. The molecular formula is C13H19N3O3. The Hall–Kier alpha value is -2.24. The number of carboxylic acids is 1. The lowest BCUT2D eigenvalue weighted by atomic mass is 10.1. The average Bonchev–Trinajstić information content (AvgIpc) is 2.25. The molecule has 5 N–H and O–H groups in total. The summed E-state index contributed by atoms with van der Waals surface area (Å²) in [6, 6.07) is 4.31. The zero-order valence-corrected chi connectivity index (χ0v) is 11.3. The number of hydrogen-bond donors (Lipinski definition) is 4. The Morgan fingerprint density at radius 1 is 1.32 bits per heavy atom. The zero-order valence-electron chi connectivity index (χ0n) is 11.3. The number of benzene rings is 1. The first-order valence-electron chi connectivity index (χ1n) is 5.87. The van der Waals surface area contributed by atoms with Gasteiger partial charge >= 0.3 is 5.97 Å². The highest BCUT2D eigenvalue weighted by molar-refractivity contribution is 5.91. The predicted molar refractivity (Wildman–Crippen MR) is 74.2 cm³/mol. The molecule has 0 aliphatic heterocycles. The van der Waals surface area contributed by atoms with E-state index in [1.807, 2.05) is 20.8 Å². The van der Waals surface area contributed by atoms with Crippen molar-refractivity contribution in [2.45, 2.75) is 26.3 Å². The molecule has 1 aromatic carbocycles. The lowest BCUT2D eigenvalue weighted by molar-refractivity contribution is -0.120. The van der Waals surface area contributed by atoms with E-state index >= 15 is 0 Å². The SMILES string of the molecule is CC(C)(C)NC(=O)CNc1cc(C(=O)O)ccc1N. The second kappa shape index (κ2) is 5.60. The van der Waals surface area contributed by atoms with E-state index < -0.39 is 5.97 Å². The van der Waals surface area contributed by atoms with E-state index in [9.17, 15) is 9.59 Å². The molecule has 0 aliphatic rings. The number of hydrogen-bond acceptors (Lipinski definition) is 4. The Labute approximate surface area is 112 Å². The summed E-state index contributed by atoms with van der Waals surface area (Å²) in [5, 5.41) is 14.5. The quantitative estimate of drug-likeness (QED) is 0.614. The Morgan fingerprint density at radius 2 is 1.95 bits per heavy atom. The first-order valence-corrected chi connectivity index (χ1v) is 5.87. The minimum atomic E-state index is -1.04. The number of anilines is 2. The van der Waals surface area contributed by atoms with Crippen LogP contribution in [-0.4, -0.2) is 29.1 Å². The molecular weight excluding hydrogens is 246 g/mol. The summed E-state index contributed by atoms with van der Waals surface area (Å²) >= 11 is 0. The monoisotopic (exact) mass is 265 g/mol. The van der Waals surface area contributed by atoms with Gasteiger partial charge in [-0.2, -0.15) is 0 Å². The molecule has 19 heavy (non-hydrogen) atoms. The van der Waals surface area contributed by atoms with Gasteiger partial charge in [-0.05, 0) is 39.0 Å². The van der Waals surface area contributed by atoms with Gasteiger partial charge < -0.3 is 21.5 Å². The molecule has 1 rings (SSSR count). The summed E-state index contributed by atoms with van der Waals surface area (Å²) in [7, 11) is 0. The molecule has 6 heteroatoms. The number of carbonyl (C=O) groups excluding carboxylic acids is 1. The summed E-state index contributed by atoms with van der Waals surface area (Å²) in [4.78, 5) is 22.5. The average molecular weight is 265 g/mol. The van der Waals surface area contributed by atoms with Crippen LogP contribution in [0, 0.1) is 0 Å². The van der Waals surface area contributed by atoms with Gasteiger partial charge in [0.05, 0.1) is 23.5 Å². The van der Waals surface area contributed by atoms with Crippen molar-refractivity contribution in [1.29, 1.82) is 0 Å². The van der Waals surface area contributed by atoms with E-state index in [1.165, 1.54) is 18.2 Å². The van der Waals surface area contributed by atoms with Gasteiger partial charge in [-0.3, -0.25) is 4.79 Å². The van der Waals surface area contributed by atoms with Gasteiger partial charge in [0.2, 0.25) is 5.91 Å². The number of nitrogen functional groups attached to an aromatic ring is 1. The van der Waals surface area contributed by atoms with Crippen LogP contribution in [0.15, 0.2) is 18.2 Å². The summed E-state index contributed by atoms with van der Waals surface area (Å²) in [5.74, 6) is -1.23. The molecule has 104 valence electrons. The minimum absolute atomic E-state index is 0.0323. The van der Waals surface area contributed by atoms with E-state index in [0.717, 1.165) is 0 Å². The van der Waals surface area contributed by atoms with Gasteiger partial charge in [0.15, 0.2) is 0 Å². The normalized spacial score (nSPS) is 10.9. The Kier molecular flexibility index (Phi) is 4.37. The number of rotatable bonds is 4. The lowest BCUT2D eigenvalue weighted by Crippen LogP contribution is -2.43. The van der Waals surface area contributed by atoms with Crippen LogP contribution in [0.1, 0.15) is 31.1 Å². The van der Waals surface area contributed by atoms with Crippen molar-refractivity contribution in [2.75, 3.05) is 17.6 Å². The second-order valence-electron chi connectivity index (χ2n) is 5.26. The molecule has 1 amide bonds. The number of carboxylic acid groups (broad SMARTS) is 1. The lowest BCUT2D eigenvalue weighted by Gasteiger charge is -2.21. The highest BCUT2D eigenvalue weighted by atomic mass is 16.4. The molecule has 0 heterocycles. The largest absolute Gasteiger partial charge is 0.478 e. The van der Waals surface area contributed by atoms with Crippen molar-refractivity contribution < 1.29 is 14.7 Å². The van der Waals surface area contributed by atoms with Crippen LogP contribution < -0.4 is 16.4 Å². The van der Waals surface area contributed by atoms with Crippen LogP contribution in [-0.2, 0) is 4.79 Å². The molecule has 0 saturated heterocycles. The maximum atomic E-state index is 11.6. The van der Waals surface area contributed by atoms with E-state index in [1.54, 1.807) is 0 Å². The van der Waals surface area contributed by atoms with Crippen LogP contribution in [0.3, 0.4) is 0 Å². The molecule has 6 nitrogen and oxygen atoms in total. The van der Waals surface area contributed by atoms with Gasteiger partial charge in [-0.25, -0.2) is 4.79 Å². The number of nitrogens with two attached hydrogens (primary N) is 1. The third-order valence-corrected chi connectivity index (χ3v) is 2.25. The number of amides is 1. The van der Waals surface area contributed by atoms with Crippen molar-refractivity contribution in [3.05, 3.63) is 23.8 Å². The molecule has 0 aromatic heterocycles. The molecule has 0 bridgehead atoms. The molecule has 0 fully saturated rings. The number of carbonyl (C=O) groups is 2. The van der Waals surface area contributed by atoms with E-state index in [0.29, 0.717) is 11.4 Å². The maximum Gasteiger partial charge on any atom is 0.335 e. The third kappa shape index (κ3) is 4.87. The van der Waals surface area contributed by atoms with Gasteiger partial charge in [-0.15, -0.1) is 0 Å². The highest BCUT2D eigenvalue weighted by Gasteiger charge is 2.14. The number of aromatic carboxylic acids is 1. The van der Waals surface area contributed by atoms with Gasteiger partial charge in [0.1, 0.15) is 0 Å². The fraction of sp³-hybridized carbons (Fsp3) is 0.385. The van der Waals surface area contributed by atoms with Gasteiger partial charge in [0, 0.05) is 5.54 Å². The Balaban J connectivity index is 2.70. The Bertz CT molecular complexity index is 492. The van der Waals surface area contributed by atoms with Crippen molar-refractivity contribution in [3.63, 3.8) is 0 Å². The molecule has 0 spiro atoms. The molecule has 0 aliphatic carbocycles. The molecule has 0 unspecified atom stereocenters. The zero-order chi connectivity index (χ0) is 14.6. The standard InChI is InChI=1S/C13H19N3O3/c1-13(2,3)16-11(17)7-15-10-6-8(12(18)19)4-5-9(10)14/h4-6,15H,7,14H2,1-3H3,(H,16,17)(H,18,19). The van der Waals surface area contributed by atoms with Crippen molar-refractivity contribution in [1.82, 2.24) is 5.32 Å². The van der Waals surface area contributed by atoms with E-state index in [-0.39, 0.29) is 23.6 Å². The second-order valence-corrected chi connectivity index (χ2v) is 5.26. The van der Waals surface area contributed by atoms with Crippen molar-refractivity contribution >= 4 is 23.3 Å². The third-order valence-electron chi connectivity index (χ3n) is 2.25. The topological polar surface area (TPSA) is 104 Å². The van der Waals surface area contributed by atoms with E-state index in [4.69, 9.17) is 10.8 Å². The van der Waals surface area contributed by atoms with Crippen LogP contribution in [0.4, 0.5) is 11.4 Å². The first-order chi connectivity index (χ1) is 8.69. The van der Waals surface area contributed by atoms with Crippen molar-refractivity contribution in [3.8, 4) is 0 Å². The van der Waals surface area contributed by atoms with Gasteiger partial charge in [0.25, 0.3) is 0 Å². The minimum Gasteiger partial charge on any atom is -0.478 e.